The lowest BCUT2D eigenvalue weighted by Crippen LogP contribution is -2.09. The minimum atomic E-state index is -3.12. The standard InChI is InChI=1S/C8H12N2O4S/c1-5(11)8-9-7(10-14-8)6-3-2-4-15(6,12)13/h5-6,11H,2-4H2,1H3. The highest BCUT2D eigenvalue weighted by molar-refractivity contribution is 7.91. The first-order chi connectivity index (χ1) is 7.00. The van der Waals surface area contributed by atoms with Crippen molar-refractivity contribution in [3.05, 3.63) is 11.7 Å². The van der Waals surface area contributed by atoms with Crippen LogP contribution in [0.5, 0.6) is 0 Å². The first-order valence-corrected chi connectivity index (χ1v) is 6.45. The van der Waals surface area contributed by atoms with E-state index < -0.39 is 21.2 Å². The Balaban J connectivity index is 2.30. The summed E-state index contributed by atoms with van der Waals surface area (Å²) >= 11 is 0. The van der Waals surface area contributed by atoms with Crippen molar-refractivity contribution in [2.75, 3.05) is 5.75 Å². The largest absolute Gasteiger partial charge is 0.384 e. The van der Waals surface area contributed by atoms with E-state index in [2.05, 4.69) is 10.1 Å². The van der Waals surface area contributed by atoms with Crippen molar-refractivity contribution < 1.29 is 18.0 Å². The molecule has 0 radical (unpaired) electrons. The predicted octanol–water partition coefficient (Wildman–Crippen LogP) is 0.373. The number of aliphatic hydroxyl groups excluding tert-OH is 1. The Bertz CT molecular complexity index is 451. The van der Waals surface area contributed by atoms with Gasteiger partial charge >= 0.3 is 0 Å². The Morgan fingerprint density at radius 2 is 2.33 bits per heavy atom. The van der Waals surface area contributed by atoms with Crippen LogP contribution in [0, 0.1) is 0 Å². The molecule has 2 atom stereocenters. The molecule has 15 heavy (non-hydrogen) atoms. The molecule has 84 valence electrons. The van der Waals surface area contributed by atoms with Crippen molar-refractivity contribution >= 4 is 9.84 Å². The van der Waals surface area contributed by atoms with E-state index in [1.54, 1.807) is 0 Å². The summed E-state index contributed by atoms with van der Waals surface area (Å²) in [4.78, 5) is 3.88. The molecule has 0 aromatic carbocycles. The highest BCUT2D eigenvalue weighted by Gasteiger charge is 2.36. The highest BCUT2D eigenvalue weighted by atomic mass is 32.2. The van der Waals surface area contributed by atoms with Crippen LogP contribution in [0.1, 0.15) is 42.8 Å². The lowest BCUT2D eigenvalue weighted by atomic mass is 10.2. The molecule has 1 N–H and O–H groups in total. The maximum absolute atomic E-state index is 11.6. The van der Waals surface area contributed by atoms with Crippen molar-refractivity contribution in [1.29, 1.82) is 0 Å². The summed E-state index contributed by atoms with van der Waals surface area (Å²) in [5.41, 5.74) is 0. The third-order valence-electron chi connectivity index (χ3n) is 2.43. The SMILES string of the molecule is CC(O)c1nc(C2CCCS2(=O)=O)no1. The topological polar surface area (TPSA) is 93.3 Å². The van der Waals surface area contributed by atoms with Crippen molar-refractivity contribution in [3.63, 3.8) is 0 Å². The fourth-order valence-electron chi connectivity index (χ4n) is 1.63. The van der Waals surface area contributed by atoms with Gasteiger partial charge in [0.25, 0.3) is 5.89 Å². The van der Waals surface area contributed by atoms with Gasteiger partial charge in [0.15, 0.2) is 15.7 Å². The zero-order valence-electron chi connectivity index (χ0n) is 8.25. The number of hydrogen-bond acceptors (Lipinski definition) is 6. The first kappa shape index (κ1) is 10.6. The van der Waals surface area contributed by atoms with Crippen molar-refractivity contribution in [1.82, 2.24) is 10.1 Å². The third kappa shape index (κ3) is 1.89. The molecular weight excluding hydrogens is 220 g/mol. The predicted molar refractivity (Wildman–Crippen MR) is 50.7 cm³/mol. The van der Waals surface area contributed by atoms with Crippen LogP contribution in [0.15, 0.2) is 4.52 Å². The van der Waals surface area contributed by atoms with E-state index in [1.165, 1.54) is 6.92 Å². The van der Waals surface area contributed by atoms with Crippen molar-refractivity contribution in [2.45, 2.75) is 31.1 Å². The van der Waals surface area contributed by atoms with Crippen LogP contribution in [-0.2, 0) is 9.84 Å². The Morgan fingerprint density at radius 3 is 2.80 bits per heavy atom. The molecule has 1 aromatic rings. The molecule has 6 nitrogen and oxygen atoms in total. The number of aromatic nitrogens is 2. The molecule has 1 aromatic heterocycles. The zero-order valence-corrected chi connectivity index (χ0v) is 9.07. The second-order valence-electron chi connectivity index (χ2n) is 3.66. The van der Waals surface area contributed by atoms with E-state index in [0.717, 1.165) is 0 Å². The van der Waals surface area contributed by atoms with Gasteiger partial charge in [-0.1, -0.05) is 5.16 Å². The summed E-state index contributed by atoms with van der Waals surface area (Å²) in [7, 11) is -3.12. The molecule has 2 unspecified atom stereocenters. The number of hydrogen-bond donors (Lipinski definition) is 1. The van der Waals surface area contributed by atoms with Gasteiger partial charge in [0.05, 0.1) is 5.75 Å². The van der Waals surface area contributed by atoms with Crippen LogP contribution in [0.4, 0.5) is 0 Å². The Morgan fingerprint density at radius 1 is 1.60 bits per heavy atom. The molecule has 0 aliphatic carbocycles. The number of rotatable bonds is 2. The van der Waals surface area contributed by atoms with Gasteiger partial charge in [-0.25, -0.2) is 8.42 Å². The Kier molecular flexibility index (Phi) is 2.51. The third-order valence-corrected chi connectivity index (χ3v) is 4.60. The fraction of sp³-hybridized carbons (Fsp3) is 0.750. The second kappa shape index (κ2) is 3.57. The second-order valence-corrected chi connectivity index (χ2v) is 5.97. The maximum atomic E-state index is 11.6. The molecule has 2 rings (SSSR count). The quantitative estimate of drug-likeness (QED) is 0.791. The molecule has 0 bridgehead atoms. The summed E-state index contributed by atoms with van der Waals surface area (Å²) in [5.74, 6) is 0.409. The van der Waals surface area contributed by atoms with Gasteiger partial charge in [0.2, 0.25) is 0 Å². The fourth-order valence-corrected chi connectivity index (χ4v) is 3.43. The monoisotopic (exact) mass is 232 g/mol. The normalized spacial score (nSPS) is 26.7. The van der Waals surface area contributed by atoms with Crippen molar-refractivity contribution in [3.8, 4) is 0 Å². The molecule has 7 heteroatoms. The number of nitrogens with zero attached hydrogens (tertiary/aromatic N) is 2. The zero-order chi connectivity index (χ0) is 11.1. The highest BCUT2D eigenvalue weighted by Crippen LogP contribution is 2.33. The van der Waals surface area contributed by atoms with Gasteiger partial charge in [-0.3, -0.25) is 0 Å². The van der Waals surface area contributed by atoms with Crippen LogP contribution in [0.2, 0.25) is 0 Å². The van der Waals surface area contributed by atoms with Crippen LogP contribution in [0.25, 0.3) is 0 Å². The molecule has 1 aliphatic rings. The summed E-state index contributed by atoms with van der Waals surface area (Å²) in [6.45, 7) is 1.49. The smallest absolute Gasteiger partial charge is 0.255 e. The minimum absolute atomic E-state index is 0.0621. The number of aliphatic hydroxyl groups is 1. The van der Waals surface area contributed by atoms with Crippen LogP contribution in [-0.4, -0.2) is 29.4 Å². The average Bonchev–Trinajstić information content (AvgIpc) is 2.69. The van der Waals surface area contributed by atoms with E-state index in [-0.39, 0.29) is 17.5 Å². The molecule has 0 spiro atoms. The van der Waals surface area contributed by atoms with Crippen LogP contribution < -0.4 is 0 Å². The van der Waals surface area contributed by atoms with E-state index >= 15 is 0 Å². The molecule has 2 heterocycles. The summed E-state index contributed by atoms with van der Waals surface area (Å²) < 4.78 is 27.9. The molecular formula is C8H12N2O4S. The Labute approximate surface area is 87.2 Å². The molecule has 1 saturated heterocycles. The molecule has 0 amide bonds. The van der Waals surface area contributed by atoms with Gasteiger partial charge in [-0.15, -0.1) is 0 Å². The Hall–Kier alpha value is -0.950. The van der Waals surface area contributed by atoms with Gasteiger partial charge < -0.3 is 9.63 Å². The molecule has 1 aliphatic heterocycles. The van der Waals surface area contributed by atoms with E-state index in [0.29, 0.717) is 12.8 Å². The van der Waals surface area contributed by atoms with Crippen LogP contribution in [0.3, 0.4) is 0 Å². The molecule has 0 saturated carbocycles. The van der Waals surface area contributed by atoms with Crippen molar-refractivity contribution in [2.24, 2.45) is 0 Å². The summed E-state index contributed by atoms with van der Waals surface area (Å²) in [5, 5.41) is 12.1. The summed E-state index contributed by atoms with van der Waals surface area (Å²) in [6, 6.07) is 0. The maximum Gasteiger partial charge on any atom is 0.255 e. The van der Waals surface area contributed by atoms with Gasteiger partial charge in [-0.05, 0) is 19.8 Å². The van der Waals surface area contributed by atoms with Gasteiger partial charge in [0, 0.05) is 0 Å². The van der Waals surface area contributed by atoms with E-state index in [9.17, 15) is 8.42 Å². The first-order valence-electron chi connectivity index (χ1n) is 4.74. The van der Waals surface area contributed by atoms with E-state index in [1.807, 2.05) is 0 Å². The van der Waals surface area contributed by atoms with Gasteiger partial charge in [0.1, 0.15) is 11.4 Å². The minimum Gasteiger partial charge on any atom is -0.384 e. The lowest BCUT2D eigenvalue weighted by molar-refractivity contribution is 0.151. The molecule has 1 fully saturated rings. The average molecular weight is 232 g/mol. The lowest BCUT2D eigenvalue weighted by Gasteiger charge is -2.01. The van der Waals surface area contributed by atoms with E-state index in [4.69, 9.17) is 9.63 Å². The number of sulfone groups is 1. The van der Waals surface area contributed by atoms with Gasteiger partial charge in [-0.2, -0.15) is 4.98 Å². The van der Waals surface area contributed by atoms with Crippen LogP contribution >= 0.6 is 0 Å². The summed E-state index contributed by atoms with van der Waals surface area (Å²) in [6.07, 6.45) is 0.294.